The van der Waals surface area contributed by atoms with Crippen LogP contribution in [0.3, 0.4) is 0 Å². The molecule has 1 aliphatic rings. The van der Waals surface area contributed by atoms with Crippen molar-refractivity contribution in [2.24, 2.45) is 16.0 Å². The minimum absolute atomic E-state index is 0.175. The van der Waals surface area contributed by atoms with Crippen molar-refractivity contribution >= 4 is 0 Å². The molecule has 0 amide bonds. The van der Waals surface area contributed by atoms with Gasteiger partial charge in [-0.25, -0.2) is 0 Å². The Hall–Kier alpha value is -0.440. The molecule has 1 aliphatic heterocycles. The zero-order valence-electron chi connectivity index (χ0n) is 5.75. The van der Waals surface area contributed by atoms with Gasteiger partial charge >= 0.3 is 0 Å². The molecule has 9 heavy (non-hydrogen) atoms. The molecular weight excluding hydrogens is 114 g/mol. The van der Waals surface area contributed by atoms with Crippen molar-refractivity contribution in [1.29, 1.82) is 0 Å². The molecule has 0 saturated heterocycles. The van der Waals surface area contributed by atoms with E-state index in [1.807, 2.05) is 6.92 Å². The van der Waals surface area contributed by atoms with Gasteiger partial charge in [0.05, 0.1) is 12.6 Å². The Bertz CT molecular complexity index is 109. The first-order chi connectivity index (χ1) is 4.30. The summed E-state index contributed by atoms with van der Waals surface area (Å²) >= 11 is 0. The highest BCUT2D eigenvalue weighted by atomic mass is 15.1. The molecule has 0 aromatic heterocycles. The maximum absolute atomic E-state index is 5.61. The van der Waals surface area contributed by atoms with E-state index < -0.39 is 0 Å². The summed E-state index contributed by atoms with van der Waals surface area (Å²) in [5, 5.41) is 7.95. The lowest BCUT2D eigenvalue weighted by Crippen LogP contribution is -2.31. The van der Waals surface area contributed by atoms with Crippen molar-refractivity contribution in [2.45, 2.75) is 31.8 Å². The van der Waals surface area contributed by atoms with E-state index >= 15 is 0 Å². The molecule has 0 spiro atoms. The van der Waals surface area contributed by atoms with Crippen molar-refractivity contribution in [3.63, 3.8) is 0 Å². The Balaban J connectivity index is 2.40. The van der Waals surface area contributed by atoms with Gasteiger partial charge in [0.2, 0.25) is 0 Å². The largest absolute Gasteiger partial charge is 0.326 e. The van der Waals surface area contributed by atoms with E-state index in [2.05, 4.69) is 10.2 Å². The molecule has 2 N–H and O–H groups in total. The van der Waals surface area contributed by atoms with E-state index in [4.69, 9.17) is 5.73 Å². The maximum atomic E-state index is 5.61. The molecule has 2 atom stereocenters. The molecule has 1 rings (SSSR count). The van der Waals surface area contributed by atoms with Crippen LogP contribution in [0.4, 0.5) is 0 Å². The lowest BCUT2D eigenvalue weighted by atomic mass is 10.1. The summed E-state index contributed by atoms with van der Waals surface area (Å²) in [6.45, 7) is 2.87. The Morgan fingerprint density at radius 3 is 2.78 bits per heavy atom. The minimum atomic E-state index is 0.175. The lowest BCUT2D eigenvalue weighted by Gasteiger charge is -2.17. The normalized spacial score (nSPS) is 30.2. The summed E-state index contributed by atoms with van der Waals surface area (Å²) in [7, 11) is 0. The third-order valence-electron chi connectivity index (χ3n) is 1.59. The van der Waals surface area contributed by atoms with Crippen molar-refractivity contribution in [2.75, 3.05) is 6.54 Å². The number of hydrogen-bond donors (Lipinski definition) is 1. The topological polar surface area (TPSA) is 50.7 Å². The second-order valence-electron chi connectivity index (χ2n) is 2.55. The predicted molar refractivity (Wildman–Crippen MR) is 36.4 cm³/mol. The van der Waals surface area contributed by atoms with Gasteiger partial charge in [-0.05, 0) is 19.8 Å². The highest BCUT2D eigenvalue weighted by Crippen LogP contribution is 2.10. The van der Waals surface area contributed by atoms with Crippen LogP contribution in [0, 0.1) is 0 Å². The first-order valence-electron chi connectivity index (χ1n) is 3.43. The minimum Gasteiger partial charge on any atom is -0.326 e. The predicted octanol–water partition coefficient (Wildman–Crippen LogP) is 0.948. The summed E-state index contributed by atoms with van der Waals surface area (Å²) in [6, 6.07) is 0.466. The van der Waals surface area contributed by atoms with Crippen LogP contribution in [0.15, 0.2) is 10.2 Å². The molecule has 0 bridgehead atoms. The van der Waals surface area contributed by atoms with E-state index in [9.17, 15) is 0 Å². The van der Waals surface area contributed by atoms with Crippen LogP contribution in [-0.2, 0) is 0 Å². The summed E-state index contributed by atoms with van der Waals surface area (Å²) in [5.74, 6) is 0. The standard InChI is InChI=1S/C6H13N3/c1-5(7)6-3-2-4-8-9-6/h5-6H,2-4,7H2,1H3. The smallest absolute Gasteiger partial charge is 0.0856 e. The molecular formula is C6H13N3. The van der Waals surface area contributed by atoms with Gasteiger partial charge in [-0.3, -0.25) is 0 Å². The highest BCUT2D eigenvalue weighted by Gasteiger charge is 2.14. The van der Waals surface area contributed by atoms with Crippen molar-refractivity contribution < 1.29 is 0 Å². The Kier molecular flexibility index (Phi) is 2.16. The number of nitrogens with two attached hydrogens (primary N) is 1. The van der Waals surface area contributed by atoms with E-state index in [1.54, 1.807) is 0 Å². The third kappa shape index (κ3) is 1.75. The van der Waals surface area contributed by atoms with Crippen LogP contribution in [0.5, 0.6) is 0 Å². The van der Waals surface area contributed by atoms with Crippen LogP contribution in [0.25, 0.3) is 0 Å². The lowest BCUT2D eigenvalue weighted by molar-refractivity contribution is 0.454. The Labute approximate surface area is 55.3 Å². The molecule has 0 saturated carbocycles. The monoisotopic (exact) mass is 127 g/mol. The third-order valence-corrected chi connectivity index (χ3v) is 1.59. The Morgan fingerprint density at radius 2 is 2.44 bits per heavy atom. The molecule has 3 nitrogen and oxygen atoms in total. The maximum Gasteiger partial charge on any atom is 0.0856 e. The average Bonchev–Trinajstić information content (AvgIpc) is 1.90. The molecule has 0 fully saturated rings. The van der Waals surface area contributed by atoms with E-state index in [-0.39, 0.29) is 6.04 Å². The quantitative estimate of drug-likeness (QED) is 0.560. The van der Waals surface area contributed by atoms with Gasteiger partial charge in [0.1, 0.15) is 0 Å². The second-order valence-corrected chi connectivity index (χ2v) is 2.55. The van der Waals surface area contributed by atoms with Crippen LogP contribution in [0.2, 0.25) is 0 Å². The van der Waals surface area contributed by atoms with Crippen LogP contribution in [0.1, 0.15) is 19.8 Å². The van der Waals surface area contributed by atoms with Gasteiger partial charge < -0.3 is 5.73 Å². The first-order valence-corrected chi connectivity index (χ1v) is 3.43. The number of hydrogen-bond acceptors (Lipinski definition) is 3. The van der Waals surface area contributed by atoms with Gasteiger partial charge in [-0.15, -0.1) is 0 Å². The molecule has 0 aromatic rings. The van der Waals surface area contributed by atoms with E-state index in [0.29, 0.717) is 6.04 Å². The second kappa shape index (κ2) is 2.92. The summed E-state index contributed by atoms with van der Waals surface area (Å²) < 4.78 is 0. The summed E-state index contributed by atoms with van der Waals surface area (Å²) in [4.78, 5) is 0. The average molecular weight is 127 g/mol. The van der Waals surface area contributed by atoms with Crippen LogP contribution >= 0.6 is 0 Å². The van der Waals surface area contributed by atoms with Gasteiger partial charge in [-0.2, -0.15) is 10.2 Å². The van der Waals surface area contributed by atoms with Gasteiger partial charge in [-0.1, -0.05) is 0 Å². The van der Waals surface area contributed by atoms with E-state index in [1.165, 1.54) is 0 Å². The molecule has 0 aromatic carbocycles. The number of azo groups is 1. The molecule has 52 valence electrons. The van der Waals surface area contributed by atoms with E-state index in [0.717, 1.165) is 19.4 Å². The van der Waals surface area contributed by atoms with Crippen molar-refractivity contribution in [1.82, 2.24) is 0 Å². The fourth-order valence-corrected chi connectivity index (χ4v) is 0.960. The highest BCUT2D eigenvalue weighted by molar-refractivity contribution is 4.76. The molecule has 2 unspecified atom stereocenters. The van der Waals surface area contributed by atoms with Gasteiger partial charge in [0.25, 0.3) is 0 Å². The van der Waals surface area contributed by atoms with Crippen molar-refractivity contribution in [3.8, 4) is 0 Å². The zero-order valence-corrected chi connectivity index (χ0v) is 5.75. The molecule has 0 aliphatic carbocycles. The Morgan fingerprint density at radius 1 is 1.67 bits per heavy atom. The zero-order chi connectivity index (χ0) is 6.69. The first kappa shape index (κ1) is 6.68. The van der Waals surface area contributed by atoms with Crippen LogP contribution < -0.4 is 5.73 Å². The molecule has 0 radical (unpaired) electrons. The fraction of sp³-hybridized carbons (Fsp3) is 1.00. The van der Waals surface area contributed by atoms with Gasteiger partial charge in [0.15, 0.2) is 0 Å². The molecule has 1 heterocycles. The van der Waals surface area contributed by atoms with Crippen LogP contribution in [-0.4, -0.2) is 18.6 Å². The van der Waals surface area contributed by atoms with Gasteiger partial charge in [0, 0.05) is 6.04 Å². The SMILES string of the molecule is CC(N)C1CCCN=N1. The van der Waals surface area contributed by atoms with Crippen molar-refractivity contribution in [3.05, 3.63) is 0 Å². The summed E-state index contributed by atoms with van der Waals surface area (Å²) in [5.41, 5.74) is 5.61. The summed E-state index contributed by atoms with van der Waals surface area (Å²) in [6.07, 6.45) is 2.26. The fourth-order valence-electron chi connectivity index (χ4n) is 0.960. The molecule has 3 heteroatoms. The number of rotatable bonds is 1. The number of nitrogens with zero attached hydrogens (tertiary/aromatic N) is 2.